The molecule has 0 atom stereocenters. The largest absolute Gasteiger partial charge is 0.395 e. The van der Waals surface area contributed by atoms with E-state index in [9.17, 15) is 5.11 Å². The van der Waals surface area contributed by atoms with Crippen LogP contribution < -0.4 is 10.2 Å². The van der Waals surface area contributed by atoms with E-state index in [1.807, 2.05) is 18.3 Å². The number of pyridine rings is 1. The molecule has 2 N–H and O–H groups in total. The van der Waals surface area contributed by atoms with Gasteiger partial charge < -0.3 is 25.1 Å². The van der Waals surface area contributed by atoms with Crippen molar-refractivity contribution in [2.75, 3.05) is 63.1 Å². The summed E-state index contributed by atoms with van der Waals surface area (Å²) in [4.78, 5) is 16.4. The lowest BCUT2D eigenvalue weighted by Gasteiger charge is -2.35. The molecule has 3 heterocycles. The van der Waals surface area contributed by atoms with Crippen LogP contribution in [0.2, 0.25) is 0 Å². The quantitative estimate of drug-likeness (QED) is 0.784. The van der Waals surface area contributed by atoms with Gasteiger partial charge in [-0.1, -0.05) is 19.1 Å². The number of aliphatic hydroxyl groups excluding tert-OH is 1. The highest BCUT2D eigenvalue weighted by Crippen LogP contribution is 2.34. The van der Waals surface area contributed by atoms with E-state index in [4.69, 9.17) is 4.98 Å². The van der Waals surface area contributed by atoms with Crippen molar-refractivity contribution in [3.05, 3.63) is 35.9 Å². The minimum Gasteiger partial charge on any atom is -0.395 e. The zero-order valence-electron chi connectivity index (χ0n) is 17.3. The number of benzene rings is 1. The maximum absolute atomic E-state index is 9.22. The highest BCUT2D eigenvalue weighted by molar-refractivity contribution is 5.76. The first-order chi connectivity index (χ1) is 14.2. The van der Waals surface area contributed by atoms with E-state index in [2.05, 4.69) is 57.4 Å². The minimum absolute atomic E-state index is 0.0692. The van der Waals surface area contributed by atoms with Gasteiger partial charge in [-0.3, -0.25) is 0 Å². The number of aromatic nitrogens is 1. The molecule has 0 spiro atoms. The van der Waals surface area contributed by atoms with Crippen LogP contribution in [-0.2, 0) is 6.54 Å². The summed E-state index contributed by atoms with van der Waals surface area (Å²) in [6.45, 7) is 9.03. The first-order valence-electron chi connectivity index (χ1n) is 10.4. The van der Waals surface area contributed by atoms with Gasteiger partial charge in [-0.2, -0.15) is 0 Å². The number of rotatable bonds is 6. The topological polar surface area (TPSA) is 67.2 Å². The average Bonchev–Trinajstić information content (AvgIpc) is 2.77. The molecule has 29 heavy (non-hydrogen) atoms. The average molecular weight is 395 g/mol. The highest BCUT2D eigenvalue weighted by Gasteiger charge is 2.18. The molecule has 2 aliphatic rings. The van der Waals surface area contributed by atoms with E-state index < -0.39 is 0 Å². The molecule has 1 aromatic carbocycles. The lowest BCUT2D eigenvalue weighted by molar-refractivity contribution is 0.271. The second-order valence-corrected chi connectivity index (χ2v) is 7.63. The van der Waals surface area contributed by atoms with E-state index in [1.165, 1.54) is 5.69 Å². The molecule has 1 saturated heterocycles. The fraction of sp³-hybridized carbons (Fsp3) is 0.455. The van der Waals surface area contributed by atoms with Crippen LogP contribution in [0.25, 0.3) is 11.3 Å². The fourth-order valence-electron chi connectivity index (χ4n) is 3.91. The Hall–Kier alpha value is -2.64. The third-order valence-corrected chi connectivity index (χ3v) is 5.65. The number of nitrogens with zero attached hydrogens (tertiary/aromatic N) is 5. The molecule has 0 amide bonds. The smallest absolute Gasteiger partial charge is 0.133 e. The predicted octanol–water partition coefficient (Wildman–Crippen LogP) is 2.40. The molecule has 1 aromatic heterocycles. The highest BCUT2D eigenvalue weighted by atomic mass is 16.3. The van der Waals surface area contributed by atoms with E-state index in [-0.39, 0.29) is 6.61 Å². The number of fused-ring (bicyclic) bond motifs is 1. The molecule has 7 nitrogen and oxygen atoms in total. The summed E-state index contributed by atoms with van der Waals surface area (Å²) >= 11 is 0. The van der Waals surface area contributed by atoms with Crippen LogP contribution in [0.4, 0.5) is 17.2 Å². The summed E-state index contributed by atoms with van der Waals surface area (Å²) in [5.41, 5.74) is 5.24. The molecule has 0 bridgehead atoms. The van der Waals surface area contributed by atoms with Crippen molar-refractivity contribution < 1.29 is 5.11 Å². The summed E-state index contributed by atoms with van der Waals surface area (Å²) in [5.74, 6) is 0.801. The molecular weight excluding hydrogens is 364 g/mol. The van der Waals surface area contributed by atoms with Crippen molar-refractivity contribution in [3.63, 3.8) is 0 Å². The predicted molar refractivity (Wildman–Crippen MR) is 119 cm³/mol. The third-order valence-electron chi connectivity index (χ3n) is 5.65. The lowest BCUT2D eigenvalue weighted by Crippen LogP contribution is -2.46. The van der Waals surface area contributed by atoms with Crippen molar-refractivity contribution in [1.29, 1.82) is 0 Å². The van der Waals surface area contributed by atoms with Gasteiger partial charge in [0.05, 0.1) is 24.3 Å². The van der Waals surface area contributed by atoms with Crippen molar-refractivity contribution >= 4 is 23.5 Å². The molecule has 0 unspecified atom stereocenters. The van der Waals surface area contributed by atoms with Gasteiger partial charge in [-0.05, 0) is 24.7 Å². The summed E-state index contributed by atoms with van der Waals surface area (Å²) in [6.07, 6.45) is 1.85. The molecular formula is C22H30N6O. The van der Waals surface area contributed by atoms with Crippen LogP contribution in [0.1, 0.15) is 12.5 Å². The Labute approximate surface area is 172 Å². The Morgan fingerprint density at radius 1 is 1.10 bits per heavy atom. The Kier molecular flexibility index (Phi) is 5.97. The van der Waals surface area contributed by atoms with Gasteiger partial charge >= 0.3 is 0 Å². The Morgan fingerprint density at radius 2 is 1.86 bits per heavy atom. The van der Waals surface area contributed by atoms with Gasteiger partial charge in [0, 0.05) is 63.1 Å². The SMILES string of the molecule is CCN1CCN(c2ccc(-c3cc4c(c(NCCO)n3)CN(C)C=N4)cc2)CC1. The molecule has 7 heteroatoms. The minimum atomic E-state index is 0.0692. The maximum Gasteiger partial charge on any atom is 0.133 e. The Bertz CT molecular complexity index is 858. The number of hydrogen-bond donors (Lipinski definition) is 2. The number of hydrogen-bond acceptors (Lipinski definition) is 7. The van der Waals surface area contributed by atoms with Crippen LogP contribution in [0.3, 0.4) is 0 Å². The number of nitrogens with one attached hydrogen (secondary N) is 1. The zero-order chi connectivity index (χ0) is 20.2. The van der Waals surface area contributed by atoms with Gasteiger partial charge in [-0.15, -0.1) is 0 Å². The molecule has 0 aliphatic carbocycles. The van der Waals surface area contributed by atoms with Crippen LogP contribution in [-0.4, -0.2) is 79.2 Å². The maximum atomic E-state index is 9.22. The summed E-state index contributed by atoms with van der Waals surface area (Å²) < 4.78 is 0. The van der Waals surface area contributed by atoms with Crippen LogP contribution in [0.5, 0.6) is 0 Å². The first kappa shape index (κ1) is 19.7. The number of aliphatic imine (C=N–C) groups is 1. The fourth-order valence-corrected chi connectivity index (χ4v) is 3.91. The molecule has 2 aliphatic heterocycles. The standard InChI is InChI=1S/C22H30N6O/c1-3-27-9-11-28(12-10-27)18-6-4-17(5-7-18)20-14-21-19(15-26(2)16-24-21)22(25-20)23-8-13-29/h4-7,14,16,29H,3,8-13,15H2,1-2H3,(H,23,25). The van der Waals surface area contributed by atoms with Crippen LogP contribution in [0, 0.1) is 0 Å². The van der Waals surface area contributed by atoms with Crippen molar-refractivity contribution in [3.8, 4) is 11.3 Å². The third kappa shape index (κ3) is 4.36. The Balaban J connectivity index is 1.57. The molecule has 1 fully saturated rings. The van der Waals surface area contributed by atoms with Gasteiger partial charge in [-0.25, -0.2) is 9.98 Å². The van der Waals surface area contributed by atoms with E-state index in [0.29, 0.717) is 6.54 Å². The van der Waals surface area contributed by atoms with E-state index in [0.717, 1.165) is 67.6 Å². The summed E-state index contributed by atoms with van der Waals surface area (Å²) in [5, 5.41) is 12.5. The van der Waals surface area contributed by atoms with Gasteiger partial charge in [0.25, 0.3) is 0 Å². The number of likely N-dealkylation sites (N-methyl/N-ethyl adjacent to an activating group) is 1. The van der Waals surface area contributed by atoms with Crippen molar-refractivity contribution in [2.24, 2.45) is 4.99 Å². The second kappa shape index (κ2) is 8.80. The second-order valence-electron chi connectivity index (χ2n) is 7.63. The molecule has 2 aromatic rings. The normalized spacial score (nSPS) is 16.8. The molecule has 4 rings (SSSR count). The van der Waals surface area contributed by atoms with Crippen LogP contribution >= 0.6 is 0 Å². The summed E-state index contributed by atoms with van der Waals surface area (Å²) in [7, 11) is 2.00. The van der Waals surface area contributed by atoms with Gasteiger partial charge in [0.1, 0.15) is 5.82 Å². The van der Waals surface area contributed by atoms with E-state index >= 15 is 0 Å². The molecule has 154 valence electrons. The van der Waals surface area contributed by atoms with Crippen molar-refractivity contribution in [1.82, 2.24) is 14.8 Å². The monoisotopic (exact) mass is 394 g/mol. The van der Waals surface area contributed by atoms with Crippen molar-refractivity contribution in [2.45, 2.75) is 13.5 Å². The van der Waals surface area contributed by atoms with Gasteiger partial charge in [0.15, 0.2) is 0 Å². The molecule has 0 radical (unpaired) electrons. The summed E-state index contributed by atoms with van der Waals surface area (Å²) in [6, 6.07) is 10.7. The van der Waals surface area contributed by atoms with Crippen LogP contribution in [0.15, 0.2) is 35.3 Å². The Morgan fingerprint density at radius 3 is 2.55 bits per heavy atom. The zero-order valence-corrected chi connectivity index (χ0v) is 17.3. The first-order valence-corrected chi connectivity index (χ1v) is 10.4. The number of anilines is 2. The van der Waals surface area contributed by atoms with E-state index in [1.54, 1.807) is 0 Å². The lowest BCUT2D eigenvalue weighted by atomic mass is 10.1. The number of piperazine rings is 1. The molecule has 0 saturated carbocycles. The van der Waals surface area contributed by atoms with Gasteiger partial charge in [0.2, 0.25) is 0 Å². The number of aliphatic hydroxyl groups is 1.